The summed E-state index contributed by atoms with van der Waals surface area (Å²) in [5.74, 6) is 0.634. The van der Waals surface area contributed by atoms with Crippen molar-refractivity contribution in [2.75, 3.05) is 6.26 Å². The van der Waals surface area contributed by atoms with Crippen LogP contribution in [0.3, 0.4) is 0 Å². The van der Waals surface area contributed by atoms with Crippen LogP contribution >= 0.6 is 23.2 Å². The highest BCUT2D eigenvalue weighted by molar-refractivity contribution is 7.90. The Labute approximate surface area is 186 Å². The minimum Gasteiger partial charge on any atom is -0.612 e. The van der Waals surface area contributed by atoms with Crippen LogP contribution in [-0.4, -0.2) is 25.3 Å². The molecule has 5 rings (SSSR count). The Bertz CT molecular complexity index is 1360. The molecule has 2 heterocycles. The van der Waals surface area contributed by atoms with Crippen LogP contribution in [0.2, 0.25) is 10.3 Å². The van der Waals surface area contributed by atoms with Gasteiger partial charge in [0, 0.05) is 21.9 Å². The first-order valence-electron chi connectivity index (χ1n) is 9.19. The lowest BCUT2D eigenvalue weighted by atomic mass is 10.1. The second-order valence-corrected chi connectivity index (χ2v) is 8.97. The van der Waals surface area contributed by atoms with Gasteiger partial charge in [0.1, 0.15) is 12.1 Å². The molecule has 4 nitrogen and oxygen atoms in total. The number of nitrogens with zero attached hydrogens (tertiary/aromatic N) is 3. The number of hydrogen-bond acceptors (Lipinski definition) is 3. The lowest BCUT2D eigenvalue weighted by Crippen LogP contribution is -2.04. The van der Waals surface area contributed by atoms with Crippen molar-refractivity contribution < 1.29 is 4.55 Å². The number of aromatic nitrogens is 3. The van der Waals surface area contributed by atoms with Crippen molar-refractivity contribution in [3.05, 3.63) is 83.1 Å². The second kappa shape index (κ2) is 7.60. The standard InChI is InChI=1S/C23H15Cl2N3OS/c1-30(29)21-11-10-14(24)12-17(21)18-13-22(27-23(25)26-18)28-19-8-4-2-6-15(19)16-7-3-5-9-20(16)28/h2-13H,1H3. The van der Waals surface area contributed by atoms with Crippen molar-refractivity contribution in [2.45, 2.75) is 4.90 Å². The molecule has 7 heteroatoms. The normalized spacial score (nSPS) is 12.5. The smallest absolute Gasteiger partial charge is 0.224 e. The highest BCUT2D eigenvalue weighted by atomic mass is 35.5. The molecule has 30 heavy (non-hydrogen) atoms. The Hall–Kier alpha value is -2.57. The van der Waals surface area contributed by atoms with Gasteiger partial charge in [-0.25, -0.2) is 4.98 Å². The van der Waals surface area contributed by atoms with Crippen LogP contribution < -0.4 is 0 Å². The van der Waals surface area contributed by atoms with Gasteiger partial charge in [-0.2, -0.15) is 4.98 Å². The molecule has 0 aliphatic carbocycles. The van der Waals surface area contributed by atoms with E-state index in [1.807, 2.05) is 30.3 Å². The highest BCUT2D eigenvalue weighted by Gasteiger charge is 2.19. The molecular formula is C23H15Cl2N3OS. The molecule has 0 aliphatic heterocycles. The molecule has 0 N–H and O–H groups in total. The summed E-state index contributed by atoms with van der Waals surface area (Å²) in [5.41, 5.74) is 3.28. The zero-order valence-corrected chi connectivity index (χ0v) is 18.2. The van der Waals surface area contributed by atoms with Crippen LogP contribution in [0.4, 0.5) is 0 Å². The predicted octanol–water partition coefficient (Wildman–Crippen LogP) is 6.28. The Morgan fingerprint density at radius 1 is 0.833 bits per heavy atom. The third-order valence-corrected chi connectivity index (χ3v) is 6.40. The van der Waals surface area contributed by atoms with Gasteiger partial charge < -0.3 is 4.55 Å². The van der Waals surface area contributed by atoms with Gasteiger partial charge in [0.15, 0.2) is 4.90 Å². The topological polar surface area (TPSA) is 53.8 Å². The van der Waals surface area contributed by atoms with Crippen molar-refractivity contribution >= 4 is 56.2 Å². The van der Waals surface area contributed by atoms with Crippen LogP contribution in [0, 0.1) is 0 Å². The van der Waals surface area contributed by atoms with E-state index in [1.54, 1.807) is 24.5 Å². The van der Waals surface area contributed by atoms with E-state index in [0.29, 0.717) is 27.0 Å². The first-order chi connectivity index (χ1) is 14.5. The quantitative estimate of drug-likeness (QED) is 0.239. The molecule has 0 fully saturated rings. The summed E-state index contributed by atoms with van der Waals surface area (Å²) in [6, 6.07) is 23.4. The maximum Gasteiger partial charge on any atom is 0.224 e. The third-order valence-electron chi connectivity index (χ3n) is 5.02. The summed E-state index contributed by atoms with van der Waals surface area (Å²) in [5, 5.41) is 2.90. The Morgan fingerprint density at radius 2 is 1.47 bits per heavy atom. The molecule has 0 amide bonds. The highest BCUT2D eigenvalue weighted by Crippen LogP contribution is 2.34. The van der Waals surface area contributed by atoms with Crippen LogP contribution in [0.1, 0.15) is 0 Å². The Morgan fingerprint density at radius 3 is 2.10 bits per heavy atom. The largest absolute Gasteiger partial charge is 0.612 e. The van der Waals surface area contributed by atoms with Gasteiger partial charge in [0.05, 0.1) is 22.3 Å². The van der Waals surface area contributed by atoms with Crippen LogP contribution in [0.25, 0.3) is 38.9 Å². The first kappa shape index (κ1) is 19.4. The average Bonchev–Trinajstić information content (AvgIpc) is 3.07. The zero-order valence-electron chi connectivity index (χ0n) is 15.8. The van der Waals surface area contributed by atoms with Crippen LogP contribution in [0.15, 0.2) is 77.7 Å². The summed E-state index contributed by atoms with van der Waals surface area (Å²) >= 11 is 11.4. The number of benzene rings is 3. The van der Waals surface area contributed by atoms with Gasteiger partial charge in [0.2, 0.25) is 5.28 Å². The van der Waals surface area contributed by atoms with Gasteiger partial charge in [-0.15, -0.1) is 0 Å². The summed E-state index contributed by atoms with van der Waals surface area (Å²) in [6.07, 6.45) is 1.63. The monoisotopic (exact) mass is 451 g/mol. The molecular weight excluding hydrogens is 437 g/mol. The molecule has 1 unspecified atom stereocenters. The molecule has 5 aromatic rings. The molecule has 0 saturated carbocycles. The lowest BCUT2D eigenvalue weighted by Gasteiger charge is -2.13. The van der Waals surface area contributed by atoms with E-state index < -0.39 is 11.2 Å². The summed E-state index contributed by atoms with van der Waals surface area (Å²) < 4.78 is 14.3. The fourth-order valence-corrected chi connectivity index (χ4v) is 4.86. The number of fused-ring (bicyclic) bond motifs is 3. The van der Waals surface area contributed by atoms with Crippen LogP contribution in [0.5, 0.6) is 0 Å². The third kappa shape index (κ3) is 3.24. The van der Waals surface area contributed by atoms with Gasteiger partial charge in [0.25, 0.3) is 0 Å². The second-order valence-electron chi connectivity index (χ2n) is 6.84. The van der Waals surface area contributed by atoms with E-state index >= 15 is 0 Å². The summed E-state index contributed by atoms with van der Waals surface area (Å²) in [7, 11) is 0. The molecule has 0 bridgehead atoms. The molecule has 2 aromatic heterocycles. The van der Waals surface area contributed by atoms with Crippen molar-refractivity contribution in [3.63, 3.8) is 0 Å². The first-order valence-corrected chi connectivity index (χ1v) is 11.5. The van der Waals surface area contributed by atoms with Crippen molar-refractivity contribution in [1.29, 1.82) is 0 Å². The molecule has 148 valence electrons. The molecule has 0 saturated heterocycles. The predicted molar refractivity (Wildman–Crippen MR) is 124 cm³/mol. The summed E-state index contributed by atoms with van der Waals surface area (Å²) in [6.45, 7) is 0. The molecule has 0 aliphatic rings. The minimum atomic E-state index is -1.21. The molecule has 1 atom stereocenters. The number of halogens is 2. The number of rotatable bonds is 3. The average molecular weight is 452 g/mol. The maximum absolute atomic E-state index is 12.3. The fraction of sp³-hybridized carbons (Fsp3) is 0.0435. The van der Waals surface area contributed by atoms with Crippen molar-refractivity contribution in [1.82, 2.24) is 14.5 Å². The number of para-hydroxylation sites is 2. The maximum atomic E-state index is 12.3. The van der Waals surface area contributed by atoms with E-state index in [4.69, 9.17) is 23.2 Å². The lowest BCUT2D eigenvalue weighted by molar-refractivity contribution is 0.601. The summed E-state index contributed by atoms with van der Waals surface area (Å²) in [4.78, 5) is 9.55. The minimum absolute atomic E-state index is 0.108. The Balaban J connectivity index is 1.82. The van der Waals surface area contributed by atoms with E-state index in [1.165, 1.54) is 0 Å². The fourth-order valence-electron chi connectivity index (χ4n) is 3.78. The van der Waals surface area contributed by atoms with E-state index in [2.05, 4.69) is 38.8 Å². The molecule has 0 spiro atoms. The van der Waals surface area contributed by atoms with Gasteiger partial charge in [-0.3, -0.25) is 4.57 Å². The Kier molecular flexibility index (Phi) is 4.91. The molecule has 3 aromatic carbocycles. The van der Waals surface area contributed by atoms with Crippen LogP contribution in [-0.2, 0) is 11.2 Å². The van der Waals surface area contributed by atoms with Gasteiger partial charge in [-0.1, -0.05) is 48.0 Å². The molecule has 0 radical (unpaired) electrons. The van der Waals surface area contributed by atoms with E-state index in [9.17, 15) is 4.55 Å². The van der Waals surface area contributed by atoms with Gasteiger partial charge in [-0.05, 0) is 53.1 Å². The van der Waals surface area contributed by atoms with Gasteiger partial charge >= 0.3 is 0 Å². The van der Waals surface area contributed by atoms with Crippen molar-refractivity contribution in [3.8, 4) is 17.1 Å². The van der Waals surface area contributed by atoms with Crippen molar-refractivity contribution in [2.24, 2.45) is 0 Å². The van der Waals surface area contributed by atoms with E-state index in [-0.39, 0.29) is 5.28 Å². The SMILES string of the molecule is C[S+]([O-])c1ccc(Cl)cc1-c1cc(-n2c3ccccc3c3ccccc32)nc(Cl)n1. The zero-order chi connectivity index (χ0) is 20.8. The number of hydrogen-bond donors (Lipinski definition) is 0. The van der Waals surface area contributed by atoms with E-state index in [0.717, 1.165) is 21.8 Å².